The zero-order valence-electron chi connectivity index (χ0n) is 26.4. The molecule has 40 heavy (non-hydrogen) atoms. The van der Waals surface area contributed by atoms with Crippen LogP contribution in [0.3, 0.4) is 0 Å². The second-order valence-corrected chi connectivity index (χ2v) is 16.3. The fourth-order valence-electron chi connectivity index (χ4n) is 11.6. The molecule has 4 fully saturated rings. The van der Waals surface area contributed by atoms with Crippen molar-refractivity contribution < 1.29 is 19.8 Å². The lowest BCUT2D eigenvalue weighted by Gasteiger charge is -2.71. The number of fused-ring (bicyclic) bond motifs is 7. The van der Waals surface area contributed by atoms with Gasteiger partial charge in [0.2, 0.25) is 5.91 Å². The first kappa shape index (κ1) is 30.1. The second-order valence-electron chi connectivity index (χ2n) is 16.3. The minimum atomic E-state index is -0.765. The van der Waals surface area contributed by atoms with Crippen LogP contribution in [0.15, 0.2) is 11.6 Å². The summed E-state index contributed by atoms with van der Waals surface area (Å²) in [4.78, 5) is 25.0. The Morgan fingerprint density at radius 3 is 2.35 bits per heavy atom. The Bertz CT molecular complexity index is 1050. The van der Waals surface area contributed by atoms with Crippen LogP contribution in [0.2, 0.25) is 0 Å². The first-order valence-electron chi connectivity index (χ1n) is 16.5. The lowest BCUT2D eigenvalue weighted by atomic mass is 9.33. The summed E-state index contributed by atoms with van der Waals surface area (Å²) in [5, 5.41) is 23.3. The van der Waals surface area contributed by atoms with Crippen molar-refractivity contribution in [3.05, 3.63) is 11.6 Å². The molecule has 226 valence electrons. The number of unbranched alkanes of at least 4 members (excludes halogenated alkanes) is 1. The van der Waals surface area contributed by atoms with E-state index in [1.54, 1.807) is 5.57 Å². The fraction of sp³-hybridized carbons (Fsp3) is 0.886. The smallest absolute Gasteiger partial charge is 0.303 e. The van der Waals surface area contributed by atoms with Gasteiger partial charge in [-0.1, -0.05) is 60.1 Å². The minimum Gasteiger partial charge on any atom is -0.481 e. The summed E-state index contributed by atoms with van der Waals surface area (Å²) in [7, 11) is 0. The van der Waals surface area contributed by atoms with Crippen molar-refractivity contribution in [2.45, 2.75) is 132 Å². The number of carbonyl (C=O) groups is 2. The molecule has 1 amide bonds. The number of aliphatic hydroxyl groups excluding tert-OH is 1. The summed E-state index contributed by atoms with van der Waals surface area (Å²) in [6.07, 6.45) is 13.5. The first-order valence-corrected chi connectivity index (χ1v) is 16.5. The number of aliphatic carboxylic acids is 1. The van der Waals surface area contributed by atoms with Crippen LogP contribution < -0.4 is 5.32 Å². The highest BCUT2D eigenvalue weighted by Gasteiger charge is 2.69. The highest BCUT2D eigenvalue weighted by Crippen LogP contribution is 2.75. The molecule has 5 heteroatoms. The monoisotopic (exact) mass is 555 g/mol. The molecule has 0 bridgehead atoms. The van der Waals surface area contributed by atoms with Crippen LogP contribution in [0.25, 0.3) is 0 Å². The van der Waals surface area contributed by atoms with Gasteiger partial charge in [0, 0.05) is 13.0 Å². The maximum atomic E-state index is 14.1. The van der Waals surface area contributed by atoms with Crippen LogP contribution in [-0.2, 0) is 9.59 Å². The molecule has 0 aromatic heterocycles. The molecule has 4 saturated carbocycles. The lowest BCUT2D eigenvalue weighted by Crippen LogP contribution is -2.66. The molecule has 0 aromatic carbocycles. The molecule has 0 radical (unpaired) electrons. The third kappa shape index (κ3) is 4.17. The Morgan fingerprint density at radius 1 is 0.925 bits per heavy atom. The predicted molar refractivity (Wildman–Crippen MR) is 159 cm³/mol. The third-order valence-corrected chi connectivity index (χ3v) is 14.5. The molecule has 0 heterocycles. The van der Waals surface area contributed by atoms with Gasteiger partial charge in [-0.2, -0.15) is 0 Å². The molecule has 3 N–H and O–H groups in total. The Labute approximate surface area is 243 Å². The molecule has 5 nitrogen and oxygen atoms in total. The highest BCUT2D eigenvalue weighted by molar-refractivity contribution is 5.84. The van der Waals surface area contributed by atoms with Crippen molar-refractivity contribution in [1.82, 2.24) is 5.32 Å². The quantitative estimate of drug-likeness (QED) is 0.236. The van der Waals surface area contributed by atoms with Gasteiger partial charge in [0.15, 0.2) is 0 Å². The third-order valence-electron chi connectivity index (χ3n) is 14.5. The van der Waals surface area contributed by atoms with E-state index >= 15 is 0 Å². The number of aliphatic hydroxyl groups is 1. The molecule has 0 aromatic rings. The van der Waals surface area contributed by atoms with Crippen LogP contribution in [0.4, 0.5) is 0 Å². The zero-order chi connectivity index (χ0) is 29.3. The Morgan fingerprint density at radius 2 is 1.65 bits per heavy atom. The Hall–Kier alpha value is -1.36. The predicted octanol–water partition coefficient (Wildman–Crippen LogP) is 7.38. The number of rotatable bonds is 6. The van der Waals surface area contributed by atoms with Crippen LogP contribution in [0.1, 0.15) is 126 Å². The zero-order valence-corrected chi connectivity index (χ0v) is 26.4. The summed E-state index contributed by atoms with van der Waals surface area (Å²) < 4.78 is 0. The van der Waals surface area contributed by atoms with Crippen LogP contribution >= 0.6 is 0 Å². The summed E-state index contributed by atoms with van der Waals surface area (Å²) in [5.41, 5.74) is 1.72. The molecular formula is C35H57NO4. The van der Waals surface area contributed by atoms with E-state index < -0.39 is 5.97 Å². The number of allylic oxidation sites excluding steroid dienone is 2. The highest BCUT2D eigenvalue weighted by atomic mass is 16.4. The van der Waals surface area contributed by atoms with Gasteiger partial charge in [0.1, 0.15) is 0 Å². The van der Waals surface area contributed by atoms with Gasteiger partial charge in [-0.15, -0.1) is 0 Å². The molecule has 5 aliphatic carbocycles. The van der Waals surface area contributed by atoms with Gasteiger partial charge in [-0.05, 0) is 122 Å². The Kier molecular flexibility index (Phi) is 7.62. The fourth-order valence-corrected chi connectivity index (χ4v) is 11.6. The maximum Gasteiger partial charge on any atom is 0.303 e. The van der Waals surface area contributed by atoms with E-state index in [1.165, 1.54) is 12.8 Å². The molecule has 10 atom stereocenters. The number of nitrogens with one attached hydrogen (secondary N) is 1. The topological polar surface area (TPSA) is 86.6 Å². The number of hydrogen-bond donors (Lipinski definition) is 3. The number of hydrogen-bond acceptors (Lipinski definition) is 3. The standard InChI is InChI=1S/C35H57NO4/c1-22-13-18-35(30(40)36-21-9-8-10-28(38)39)20-19-33(6)24(29(35)23(22)2)11-12-26-32(5)16-15-27(37)31(3,4)25(32)14-17-34(26,33)7/h11,22-23,25-27,29,37H,8-10,12-21H2,1-7H3,(H,36,40)(H,38,39)/t22-,23+,25+,26-,27+,29+,32+,33-,34-,35+/m1/s1. The first-order chi connectivity index (χ1) is 18.6. The molecule has 5 aliphatic rings. The van der Waals surface area contributed by atoms with Crippen LogP contribution in [0, 0.1) is 56.7 Å². The molecular weight excluding hydrogens is 498 g/mol. The molecule has 0 spiro atoms. The molecule has 5 rings (SSSR count). The van der Waals surface area contributed by atoms with Gasteiger partial charge >= 0.3 is 5.97 Å². The van der Waals surface area contributed by atoms with Crippen molar-refractivity contribution in [1.29, 1.82) is 0 Å². The average Bonchev–Trinajstić information content (AvgIpc) is 2.88. The lowest BCUT2D eigenvalue weighted by molar-refractivity contribution is -0.204. The summed E-state index contributed by atoms with van der Waals surface area (Å²) in [6.45, 7) is 17.7. The number of carboxylic acid groups (broad SMARTS) is 1. The summed E-state index contributed by atoms with van der Waals surface area (Å²) in [6, 6.07) is 0. The van der Waals surface area contributed by atoms with E-state index in [-0.39, 0.29) is 51.4 Å². The van der Waals surface area contributed by atoms with Crippen molar-refractivity contribution in [2.75, 3.05) is 6.54 Å². The summed E-state index contributed by atoms with van der Waals surface area (Å²) >= 11 is 0. The van der Waals surface area contributed by atoms with E-state index in [0.29, 0.717) is 36.6 Å². The van der Waals surface area contributed by atoms with E-state index in [4.69, 9.17) is 5.11 Å². The van der Waals surface area contributed by atoms with Crippen LogP contribution in [0.5, 0.6) is 0 Å². The van der Waals surface area contributed by atoms with E-state index in [1.807, 2.05) is 0 Å². The summed E-state index contributed by atoms with van der Waals surface area (Å²) in [5.74, 6) is 1.95. The van der Waals surface area contributed by atoms with Gasteiger partial charge in [-0.3, -0.25) is 9.59 Å². The van der Waals surface area contributed by atoms with Gasteiger partial charge in [-0.25, -0.2) is 0 Å². The molecule has 0 saturated heterocycles. The van der Waals surface area contributed by atoms with E-state index in [2.05, 4.69) is 59.9 Å². The van der Waals surface area contributed by atoms with Crippen LogP contribution in [-0.4, -0.2) is 34.7 Å². The molecule has 0 aliphatic heterocycles. The SMILES string of the molecule is C[C@H]1[C@H](C)CC[C@]2(C(=O)NCCCCC(=O)O)CC[C@]3(C)C(=CC[C@@H]4[C@@]5(C)CC[C@H](O)C(C)(C)[C@@H]5CC[C@]43C)[C@H]12. The van der Waals surface area contributed by atoms with Crippen molar-refractivity contribution in [2.24, 2.45) is 56.7 Å². The van der Waals surface area contributed by atoms with Gasteiger partial charge in [0.05, 0.1) is 11.5 Å². The van der Waals surface area contributed by atoms with Crippen molar-refractivity contribution in [3.63, 3.8) is 0 Å². The van der Waals surface area contributed by atoms with Crippen molar-refractivity contribution in [3.8, 4) is 0 Å². The Balaban J connectivity index is 1.47. The minimum absolute atomic E-state index is 0.0448. The van der Waals surface area contributed by atoms with Gasteiger partial charge in [0.25, 0.3) is 0 Å². The molecule has 0 unspecified atom stereocenters. The number of amides is 1. The van der Waals surface area contributed by atoms with Gasteiger partial charge < -0.3 is 15.5 Å². The largest absolute Gasteiger partial charge is 0.481 e. The van der Waals surface area contributed by atoms with Crippen molar-refractivity contribution >= 4 is 11.9 Å². The number of carboxylic acids is 1. The van der Waals surface area contributed by atoms with E-state index in [0.717, 1.165) is 51.4 Å². The maximum absolute atomic E-state index is 14.1. The second kappa shape index (κ2) is 10.1. The van der Waals surface area contributed by atoms with E-state index in [9.17, 15) is 14.7 Å². The normalized spacial score (nSPS) is 47.5. The average molecular weight is 556 g/mol. The number of carbonyl (C=O) groups excluding carboxylic acids is 1.